The number of nitrogens with zero attached hydrogens (tertiary/aromatic N) is 1. The number of Topliss-reactive ketones (excluding diaryl/α,β-unsaturated/α-hetero) is 2. The second kappa shape index (κ2) is 25.0. The Hall–Kier alpha value is -3.11. The number of rotatable bonds is 31. The van der Waals surface area contributed by atoms with E-state index in [0.29, 0.717) is 95.6 Å². The summed E-state index contributed by atoms with van der Waals surface area (Å²) in [6.07, 6.45) is 8.31. The lowest BCUT2D eigenvalue weighted by Crippen LogP contribution is -2.36. The van der Waals surface area contributed by atoms with Crippen molar-refractivity contribution in [2.24, 2.45) is 11.7 Å². The maximum atomic E-state index is 12.4. The number of ether oxygens (including phenoxy) is 4. The van der Waals surface area contributed by atoms with Crippen LogP contribution in [0, 0.1) is 23.0 Å². The van der Waals surface area contributed by atoms with Gasteiger partial charge in [0.25, 0.3) is 5.69 Å². The molecule has 0 saturated carbocycles. The number of benzene rings is 1. The second-order valence-electron chi connectivity index (χ2n) is 13.5. The normalized spacial score (nSPS) is 18.5. The predicted molar refractivity (Wildman–Crippen MR) is 198 cm³/mol. The summed E-state index contributed by atoms with van der Waals surface area (Å²) in [4.78, 5) is 58.8. The molecule has 2 aliphatic rings. The number of nitrogens with two attached hydrogens (primary N) is 1. The number of unbranched alkanes of at least 4 members (excludes halogenated alkanes) is 3. The van der Waals surface area contributed by atoms with Crippen LogP contribution in [0.2, 0.25) is 0 Å². The predicted octanol–water partition coefficient (Wildman–Crippen LogP) is 4.60. The van der Waals surface area contributed by atoms with Crippen molar-refractivity contribution >= 4 is 41.0 Å². The summed E-state index contributed by atoms with van der Waals surface area (Å²) in [6, 6.07) is 5.50. The van der Waals surface area contributed by atoms with Gasteiger partial charge in [-0.05, 0) is 51.5 Å². The fourth-order valence-corrected chi connectivity index (χ4v) is 8.00. The number of ketones is 2. The van der Waals surface area contributed by atoms with Crippen molar-refractivity contribution in [1.29, 1.82) is 0 Å². The van der Waals surface area contributed by atoms with Gasteiger partial charge in [-0.25, -0.2) is 4.79 Å². The molecular formula is C37H58N4O10S. The first kappa shape index (κ1) is 43.3. The first-order valence-electron chi connectivity index (χ1n) is 18.7. The molecule has 0 radical (unpaired) electrons. The zero-order chi connectivity index (χ0) is 37.6. The number of nitrogens with one attached hydrogen (secondary N) is 2. The number of nitro groups is 1. The van der Waals surface area contributed by atoms with Gasteiger partial charge in [0, 0.05) is 60.8 Å². The largest absolute Gasteiger partial charge is 0.379 e. The fraction of sp³-hybridized carbons (Fsp3) is 0.730. The summed E-state index contributed by atoms with van der Waals surface area (Å²) < 4.78 is 22.0. The molecule has 2 heterocycles. The highest BCUT2D eigenvalue weighted by molar-refractivity contribution is 8.00. The van der Waals surface area contributed by atoms with E-state index in [2.05, 4.69) is 10.6 Å². The van der Waals surface area contributed by atoms with Gasteiger partial charge >= 0.3 is 6.03 Å². The molecule has 0 aliphatic carbocycles. The Morgan fingerprint density at radius 3 is 2.23 bits per heavy atom. The molecule has 4 atom stereocenters. The third-order valence-corrected chi connectivity index (χ3v) is 10.8. The van der Waals surface area contributed by atoms with E-state index in [4.69, 9.17) is 24.7 Å². The van der Waals surface area contributed by atoms with Gasteiger partial charge in [0.2, 0.25) is 5.91 Å². The summed E-state index contributed by atoms with van der Waals surface area (Å²) in [5.41, 5.74) is 7.35. The van der Waals surface area contributed by atoms with Gasteiger partial charge in [0.1, 0.15) is 11.6 Å². The molecule has 0 bridgehead atoms. The summed E-state index contributed by atoms with van der Waals surface area (Å²) in [5.74, 6) is 0.123. The van der Waals surface area contributed by atoms with E-state index in [0.717, 1.165) is 43.4 Å². The Labute approximate surface area is 311 Å². The summed E-state index contributed by atoms with van der Waals surface area (Å²) in [6.45, 7) is 5.10. The first-order valence-corrected chi connectivity index (χ1v) is 19.7. The quantitative estimate of drug-likeness (QED) is 0.0415. The highest BCUT2D eigenvalue weighted by atomic mass is 32.2. The van der Waals surface area contributed by atoms with E-state index in [1.165, 1.54) is 6.07 Å². The van der Waals surface area contributed by atoms with Gasteiger partial charge in [-0.1, -0.05) is 30.9 Å². The lowest BCUT2D eigenvalue weighted by Gasteiger charge is -2.16. The number of urea groups is 1. The number of nitro benzene ring substituents is 1. The average Bonchev–Trinajstić information content (AvgIpc) is 3.66. The van der Waals surface area contributed by atoms with Crippen LogP contribution >= 0.6 is 11.8 Å². The molecule has 15 heteroatoms. The number of amides is 3. The van der Waals surface area contributed by atoms with Crippen LogP contribution in [-0.4, -0.2) is 104 Å². The SMILES string of the molecule is Cc1ccc([N+](=O)[O-])c(CCCCCC(CC(=O)CCOCCOCCOCCOCCCC(=O)CCCCC2SC[C@H]3NC(=O)N[C@@H]23)C(N)=O)c1. The van der Waals surface area contributed by atoms with Crippen molar-refractivity contribution in [3.63, 3.8) is 0 Å². The summed E-state index contributed by atoms with van der Waals surface area (Å²) in [5, 5.41) is 17.7. The van der Waals surface area contributed by atoms with E-state index in [1.807, 2.05) is 24.8 Å². The zero-order valence-electron chi connectivity index (χ0n) is 30.6. The minimum Gasteiger partial charge on any atom is -0.379 e. The van der Waals surface area contributed by atoms with Crippen molar-refractivity contribution in [2.45, 2.75) is 108 Å². The number of hydrogen-bond acceptors (Lipinski definition) is 11. The topological polar surface area (TPSA) is 198 Å². The number of carbonyl (C=O) groups is 4. The van der Waals surface area contributed by atoms with Crippen molar-refractivity contribution in [3.8, 4) is 0 Å². The van der Waals surface area contributed by atoms with E-state index in [-0.39, 0.29) is 59.7 Å². The molecule has 0 aromatic heterocycles. The molecule has 292 valence electrons. The van der Waals surface area contributed by atoms with Crippen LogP contribution in [0.4, 0.5) is 10.5 Å². The minimum absolute atomic E-state index is 0.0642. The van der Waals surface area contributed by atoms with Crippen LogP contribution < -0.4 is 16.4 Å². The van der Waals surface area contributed by atoms with Gasteiger partial charge in [0.15, 0.2) is 0 Å². The summed E-state index contributed by atoms with van der Waals surface area (Å²) >= 11 is 1.90. The maximum Gasteiger partial charge on any atom is 0.315 e. The van der Waals surface area contributed by atoms with Crippen molar-refractivity contribution in [1.82, 2.24) is 10.6 Å². The first-order chi connectivity index (χ1) is 25.1. The number of thioether (sulfide) groups is 1. The van der Waals surface area contributed by atoms with Crippen LogP contribution in [0.3, 0.4) is 0 Å². The van der Waals surface area contributed by atoms with Gasteiger partial charge < -0.3 is 35.3 Å². The van der Waals surface area contributed by atoms with Crippen LogP contribution in [-0.2, 0) is 39.8 Å². The molecule has 1 aromatic carbocycles. The van der Waals surface area contributed by atoms with Gasteiger partial charge in [-0.2, -0.15) is 11.8 Å². The number of fused-ring (bicyclic) bond motifs is 1. The fourth-order valence-electron chi connectivity index (χ4n) is 6.45. The third-order valence-electron chi connectivity index (χ3n) is 9.32. The van der Waals surface area contributed by atoms with E-state index >= 15 is 0 Å². The molecule has 1 aromatic rings. The molecule has 0 spiro atoms. The number of aryl methyl sites for hydroxylation is 2. The Balaban J connectivity index is 1.05. The molecule has 2 fully saturated rings. The molecule has 3 rings (SSSR count). The van der Waals surface area contributed by atoms with Crippen molar-refractivity contribution < 1.29 is 43.0 Å². The number of carbonyl (C=O) groups excluding carboxylic acids is 4. The van der Waals surface area contributed by atoms with Crippen LogP contribution in [0.25, 0.3) is 0 Å². The highest BCUT2D eigenvalue weighted by Crippen LogP contribution is 2.33. The molecule has 52 heavy (non-hydrogen) atoms. The van der Waals surface area contributed by atoms with Crippen LogP contribution in [0.1, 0.15) is 88.2 Å². The Bertz CT molecular complexity index is 1280. The number of primary amides is 1. The third kappa shape index (κ3) is 17.1. The zero-order valence-corrected chi connectivity index (χ0v) is 31.4. The number of hydrogen-bond donors (Lipinski definition) is 3. The van der Waals surface area contributed by atoms with Crippen molar-refractivity contribution in [2.75, 3.05) is 58.6 Å². The Kier molecular flexibility index (Phi) is 20.8. The lowest BCUT2D eigenvalue weighted by molar-refractivity contribution is -0.385. The highest BCUT2D eigenvalue weighted by Gasteiger charge is 2.42. The van der Waals surface area contributed by atoms with Crippen LogP contribution in [0.15, 0.2) is 18.2 Å². The summed E-state index contributed by atoms with van der Waals surface area (Å²) in [7, 11) is 0. The van der Waals surface area contributed by atoms with E-state index in [1.54, 1.807) is 6.07 Å². The minimum atomic E-state index is -0.530. The smallest absolute Gasteiger partial charge is 0.315 e. The molecule has 2 saturated heterocycles. The molecular weight excluding hydrogens is 692 g/mol. The van der Waals surface area contributed by atoms with Crippen LogP contribution in [0.5, 0.6) is 0 Å². The van der Waals surface area contributed by atoms with E-state index in [9.17, 15) is 29.3 Å². The van der Waals surface area contributed by atoms with Gasteiger partial charge in [-0.3, -0.25) is 24.5 Å². The second-order valence-corrected chi connectivity index (χ2v) is 14.8. The Morgan fingerprint density at radius 1 is 0.865 bits per heavy atom. The monoisotopic (exact) mass is 750 g/mol. The molecule has 2 unspecified atom stereocenters. The van der Waals surface area contributed by atoms with E-state index < -0.39 is 11.8 Å². The standard InChI is InChI=1S/C37H58N4O10S/c1-27-13-14-33(41(46)47)28(24-27)8-3-2-4-9-29(36(38)44)25-31(43)15-17-49-19-21-51-23-22-50-20-18-48-16-7-11-30(42)10-5-6-12-34-35-32(26-52-34)39-37(45)40-35/h13-14,24,29,32,34-35H,2-12,15-23,25-26H2,1H3,(H2,38,44)(H2,39,40,45)/t29?,32-,34?,35-/m1/s1. The average molecular weight is 751 g/mol. The van der Waals surface area contributed by atoms with Gasteiger partial charge in [0.05, 0.1) is 63.3 Å². The molecule has 2 aliphatic heterocycles. The Morgan fingerprint density at radius 2 is 1.54 bits per heavy atom. The lowest BCUT2D eigenvalue weighted by atomic mass is 9.93. The molecule has 3 amide bonds. The maximum absolute atomic E-state index is 12.4. The van der Waals surface area contributed by atoms with Gasteiger partial charge in [-0.15, -0.1) is 0 Å². The molecule has 4 N–H and O–H groups in total. The van der Waals surface area contributed by atoms with Crippen molar-refractivity contribution in [3.05, 3.63) is 39.4 Å². The molecule has 14 nitrogen and oxygen atoms in total.